The van der Waals surface area contributed by atoms with E-state index in [0.29, 0.717) is 12.0 Å². The zero-order chi connectivity index (χ0) is 11.7. The Kier molecular flexibility index (Phi) is 2.85. The Morgan fingerprint density at radius 1 is 1.18 bits per heavy atom. The Morgan fingerprint density at radius 3 is 2.71 bits per heavy atom. The van der Waals surface area contributed by atoms with Crippen LogP contribution in [0.1, 0.15) is 36.8 Å². The molecule has 0 radical (unpaired) electrons. The molecule has 0 bridgehead atoms. The number of rotatable bonds is 2. The van der Waals surface area contributed by atoms with Gasteiger partial charge in [-0.05, 0) is 30.5 Å². The molecule has 17 heavy (non-hydrogen) atoms. The predicted molar refractivity (Wildman–Crippen MR) is 67.1 cm³/mol. The molecule has 0 unspecified atom stereocenters. The molecule has 1 aromatic heterocycles. The molecule has 1 fully saturated rings. The normalized spacial score (nSPS) is 24.1. The third-order valence-corrected chi connectivity index (χ3v) is 3.81. The summed E-state index contributed by atoms with van der Waals surface area (Å²) in [6.07, 6.45) is 7.07. The summed E-state index contributed by atoms with van der Waals surface area (Å²) in [5.41, 5.74) is 1.35. The smallest absolute Gasteiger partial charge is 0.137 e. The van der Waals surface area contributed by atoms with Crippen LogP contribution in [0.2, 0.25) is 5.02 Å². The fraction of sp³-hybridized carbons (Fsp3) is 0.385. The highest BCUT2D eigenvalue weighted by Crippen LogP contribution is 2.42. The van der Waals surface area contributed by atoms with E-state index in [-0.39, 0.29) is 0 Å². The molecule has 0 amide bonds. The van der Waals surface area contributed by atoms with Crippen molar-refractivity contribution < 1.29 is 0 Å². The summed E-state index contributed by atoms with van der Waals surface area (Å²) in [5.74, 6) is 0.536. The van der Waals surface area contributed by atoms with E-state index in [9.17, 15) is 0 Å². The SMILES string of the molecule is Clc1ccc([C@@H]2CCC[C@@H]2n2cncn2)cc1. The van der Waals surface area contributed by atoms with Gasteiger partial charge in [-0.25, -0.2) is 9.67 Å². The highest BCUT2D eigenvalue weighted by atomic mass is 35.5. The number of hydrogen-bond acceptors (Lipinski definition) is 2. The summed E-state index contributed by atoms with van der Waals surface area (Å²) in [7, 11) is 0. The lowest BCUT2D eigenvalue weighted by Gasteiger charge is -2.20. The average molecular weight is 248 g/mol. The molecule has 2 atom stereocenters. The van der Waals surface area contributed by atoms with E-state index < -0.39 is 0 Å². The third-order valence-electron chi connectivity index (χ3n) is 3.55. The van der Waals surface area contributed by atoms with Crippen LogP contribution in [-0.2, 0) is 0 Å². The molecular formula is C13H14ClN3. The molecule has 0 saturated heterocycles. The van der Waals surface area contributed by atoms with Crippen LogP contribution < -0.4 is 0 Å². The highest BCUT2D eigenvalue weighted by Gasteiger charge is 2.30. The van der Waals surface area contributed by atoms with Gasteiger partial charge in [-0.2, -0.15) is 5.10 Å². The van der Waals surface area contributed by atoms with Gasteiger partial charge in [0.2, 0.25) is 0 Å². The standard InChI is InChI=1S/C13H14ClN3/c14-11-6-4-10(5-7-11)12-2-1-3-13(12)17-9-15-8-16-17/h4-9,12-13H,1-3H2/t12-,13-/m0/s1. The summed E-state index contributed by atoms with van der Waals surface area (Å²) < 4.78 is 1.99. The van der Waals surface area contributed by atoms with Gasteiger partial charge >= 0.3 is 0 Å². The minimum absolute atomic E-state index is 0.443. The van der Waals surface area contributed by atoms with E-state index in [1.54, 1.807) is 6.33 Å². The van der Waals surface area contributed by atoms with Gasteiger partial charge in [-0.15, -0.1) is 0 Å². The number of aromatic nitrogens is 3. The van der Waals surface area contributed by atoms with Crippen LogP contribution in [-0.4, -0.2) is 14.8 Å². The number of halogens is 1. The van der Waals surface area contributed by atoms with Gasteiger partial charge in [-0.3, -0.25) is 0 Å². The van der Waals surface area contributed by atoms with E-state index >= 15 is 0 Å². The molecule has 3 rings (SSSR count). The zero-order valence-corrected chi connectivity index (χ0v) is 10.2. The topological polar surface area (TPSA) is 30.7 Å². The van der Waals surface area contributed by atoms with E-state index in [4.69, 9.17) is 11.6 Å². The van der Waals surface area contributed by atoms with Crippen molar-refractivity contribution in [2.45, 2.75) is 31.2 Å². The van der Waals surface area contributed by atoms with Gasteiger partial charge in [0.1, 0.15) is 12.7 Å². The Morgan fingerprint density at radius 2 is 2.00 bits per heavy atom. The first-order valence-electron chi connectivity index (χ1n) is 5.94. The van der Waals surface area contributed by atoms with Crippen LogP contribution >= 0.6 is 11.6 Å². The van der Waals surface area contributed by atoms with E-state index in [1.807, 2.05) is 23.1 Å². The van der Waals surface area contributed by atoms with Crippen LogP contribution in [0.3, 0.4) is 0 Å². The maximum atomic E-state index is 5.93. The van der Waals surface area contributed by atoms with Crippen molar-refractivity contribution in [2.24, 2.45) is 0 Å². The largest absolute Gasteiger partial charge is 0.249 e. The van der Waals surface area contributed by atoms with Gasteiger partial charge < -0.3 is 0 Å². The lowest BCUT2D eigenvalue weighted by Crippen LogP contribution is -2.13. The molecule has 1 saturated carbocycles. The molecule has 88 valence electrons. The second-order valence-electron chi connectivity index (χ2n) is 4.53. The molecule has 2 aromatic rings. The Balaban J connectivity index is 1.89. The molecule has 1 aromatic carbocycles. The van der Waals surface area contributed by atoms with Crippen LogP contribution in [0.25, 0.3) is 0 Å². The van der Waals surface area contributed by atoms with Gasteiger partial charge in [0.25, 0.3) is 0 Å². The van der Waals surface area contributed by atoms with Crippen molar-refractivity contribution >= 4 is 11.6 Å². The molecular weight excluding hydrogens is 234 g/mol. The van der Waals surface area contributed by atoms with E-state index in [1.165, 1.54) is 24.8 Å². The van der Waals surface area contributed by atoms with Gasteiger partial charge in [0.05, 0.1) is 6.04 Å². The molecule has 1 aliphatic carbocycles. The molecule has 3 nitrogen and oxygen atoms in total. The summed E-state index contributed by atoms with van der Waals surface area (Å²) in [6.45, 7) is 0. The van der Waals surface area contributed by atoms with Crippen LogP contribution in [0, 0.1) is 0 Å². The first-order valence-corrected chi connectivity index (χ1v) is 6.32. The summed E-state index contributed by atoms with van der Waals surface area (Å²) >= 11 is 5.93. The van der Waals surface area contributed by atoms with Gasteiger partial charge in [0.15, 0.2) is 0 Å². The quantitative estimate of drug-likeness (QED) is 0.814. The molecule has 4 heteroatoms. The highest BCUT2D eigenvalue weighted by molar-refractivity contribution is 6.30. The van der Waals surface area contributed by atoms with Crippen LogP contribution in [0.5, 0.6) is 0 Å². The lowest BCUT2D eigenvalue weighted by atomic mass is 9.94. The fourth-order valence-electron chi connectivity index (χ4n) is 2.74. The maximum absolute atomic E-state index is 5.93. The van der Waals surface area contributed by atoms with Crippen LogP contribution in [0.15, 0.2) is 36.9 Å². The Labute approximate surface area is 105 Å². The van der Waals surface area contributed by atoms with E-state index in [0.717, 1.165) is 5.02 Å². The van der Waals surface area contributed by atoms with E-state index in [2.05, 4.69) is 22.2 Å². The van der Waals surface area contributed by atoms with Crippen molar-refractivity contribution in [1.82, 2.24) is 14.8 Å². The third kappa shape index (κ3) is 2.07. The monoisotopic (exact) mass is 247 g/mol. The maximum Gasteiger partial charge on any atom is 0.137 e. The molecule has 1 heterocycles. The van der Waals surface area contributed by atoms with Crippen molar-refractivity contribution in [3.8, 4) is 0 Å². The number of nitrogens with zero attached hydrogens (tertiary/aromatic N) is 3. The van der Waals surface area contributed by atoms with Gasteiger partial charge in [0, 0.05) is 10.9 Å². The molecule has 1 aliphatic rings. The minimum Gasteiger partial charge on any atom is -0.249 e. The minimum atomic E-state index is 0.443. The number of hydrogen-bond donors (Lipinski definition) is 0. The first-order chi connectivity index (χ1) is 8.34. The van der Waals surface area contributed by atoms with Crippen molar-refractivity contribution in [2.75, 3.05) is 0 Å². The zero-order valence-electron chi connectivity index (χ0n) is 9.46. The molecule has 0 N–H and O–H groups in total. The average Bonchev–Trinajstić information content (AvgIpc) is 3.00. The van der Waals surface area contributed by atoms with Crippen molar-refractivity contribution in [3.05, 3.63) is 47.5 Å². The molecule has 0 spiro atoms. The fourth-order valence-corrected chi connectivity index (χ4v) is 2.87. The second-order valence-corrected chi connectivity index (χ2v) is 4.97. The van der Waals surface area contributed by atoms with Crippen molar-refractivity contribution in [3.63, 3.8) is 0 Å². The summed E-state index contributed by atoms with van der Waals surface area (Å²) in [4.78, 5) is 4.04. The van der Waals surface area contributed by atoms with Crippen molar-refractivity contribution in [1.29, 1.82) is 0 Å². The number of benzene rings is 1. The first kappa shape index (κ1) is 10.8. The summed E-state index contributed by atoms with van der Waals surface area (Å²) in [5, 5.41) is 5.07. The van der Waals surface area contributed by atoms with Crippen LogP contribution in [0.4, 0.5) is 0 Å². The second kappa shape index (κ2) is 4.49. The lowest BCUT2D eigenvalue weighted by molar-refractivity contribution is 0.422. The van der Waals surface area contributed by atoms with Gasteiger partial charge in [-0.1, -0.05) is 30.2 Å². The Bertz CT molecular complexity index is 478. The predicted octanol–water partition coefficient (Wildman–Crippen LogP) is 3.44. The summed E-state index contributed by atoms with van der Waals surface area (Å²) in [6, 6.07) is 8.63. The molecule has 0 aliphatic heterocycles. The Hall–Kier alpha value is -1.35.